The molecule has 1 atom stereocenters. The third-order valence-electron chi connectivity index (χ3n) is 3.45. The fourth-order valence-electron chi connectivity index (χ4n) is 2.40. The number of carboxylic acid groups (broad SMARTS) is 1. The van der Waals surface area contributed by atoms with Crippen LogP contribution in [0.4, 0.5) is 5.69 Å². The number of anilines is 1. The normalized spacial score (nSPS) is 15.3. The van der Waals surface area contributed by atoms with Crippen LogP contribution in [0.25, 0.3) is 0 Å². The molecule has 23 heavy (non-hydrogen) atoms. The lowest BCUT2D eigenvalue weighted by Gasteiger charge is -2.28. The van der Waals surface area contributed by atoms with Crippen LogP contribution in [0.1, 0.15) is 20.3 Å². The number of para-hydroxylation sites is 1. The average molecular weight is 336 g/mol. The maximum atomic E-state index is 12.2. The molecule has 7 heteroatoms. The van der Waals surface area contributed by atoms with Crippen molar-refractivity contribution in [1.82, 2.24) is 5.32 Å². The molecule has 0 fully saturated rings. The van der Waals surface area contributed by atoms with Gasteiger partial charge in [-0.1, -0.05) is 26.0 Å². The summed E-state index contributed by atoms with van der Waals surface area (Å²) in [5, 5.41) is 11.7. The largest absolute Gasteiger partial charge is 0.480 e. The van der Waals surface area contributed by atoms with E-state index in [0.29, 0.717) is 12.1 Å². The molecule has 6 nitrogen and oxygen atoms in total. The number of hydrogen-bond acceptors (Lipinski definition) is 4. The number of fused-ring (bicyclic) bond motifs is 1. The topological polar surface area (TPSA) is 86.7 Å². The zero-order chi connectivity index (χ0) is 17.0. The maximum Gasteiger partial charge on any atom is 0.326 e. The number of amides is 2. The van der Waals surface area contributed by atoms with Gasteiger partial charge in [0, 0.05) is 4.90 Å². The summed E-state index contributed by atoms with van der Waals surface area (Å²) in [6, 6.07) is 6.43. The molecule has 1 aromatic carbocycles. The monoisotopic (exact) mass is 336 g/mol. The maximum absolute atomic E-state index is 12.2. The Kier molecular flexibility index (Phi) is 5.65. The van der Waals surface area contributed by atoms with Crippen LogP contribution in [-0.4, -0.2) is 41.2 Å². The molecule has 0 spiro atoms. The van der Waals surface area contributed by atoms with Crippen LogP contribution in [0.15, 0.2) is 29.2 Å². The molecular weight excluding hydrogens is 316 g/mol. The number of benzene rings is 1. The molecule has 124 valence electrons. The number of carbonyl (C=O) groups excluding carboxylic acids is 2. The Balaban J connectivity index is 2.07. The van der Waals surface area contributed by atoms with Crippen LogP contribution in [0, 0.1) is 5.92 Å². The number of aliphatic carboxylic acids is 1. The highest BCUT2D eigenvalue weighted by Gasteiger charge is 2.28. The van der Waals surface area contributed by atoms with Crippen molar-refractivity contribution in [2.75, 3.05) is 17.2 Å². The number of nitrogens with zero attached hydrogens (tertiary/aromatic N) is 1. The average Bonchev–Trinajstić information content (AvgIpc) is 2.49. The van der Waals surface area contributed by atoms with Crippen LogP contribution in [-0.2, 0) is 14.4 Å². The van der Waals surface area contributed by atoms with Gasteiger partial charge in [0.25, 0.3) is 0 Å². The third-order valence-corrected chi connectivity index (χ3v) is 4.50. The highest BCUT2D eigenvalue weighted by Crippen LogP contribution is 2.34. The minimum atomic E-state index is -1.06. The van der Waals surface area contributed by atoms with Gasteiger partial charge in [-0.2, -0.15) is 0 Å². The summed E-state index contributed by atoms with van der Waals surface area (Å²) in [4.78, 5) is 37.9. The molecule has 0 saturated carbocycles. The van der Waals surface area contributed by atoms with Gasteiger partial charge in [0.05, 0.1) is 11.4 Å². The van der Waals surface area contributed by atoms with Gasteiger partial charge < -0.3 is 15.3 Å². The van der Waals surface area contributed by atoms with Crippen molar-refractivity contribution in [2.45, 2.75) is 31.2 Å². The van der Waals surface area contributed by atoms with Gasteiger partial charge in [0.1, 0.15) is 12.6 Å². The van der Waals surface area contributed by atoms with Crippen LogP contribution >= 0.6 is 11.8 Å². The molecule has 1 aliphatic rings. The Morgan fingerprint density at radius 3 is 2.70 bits per heavy atom. The molecule has 0 bridgehead atoms. The molecule has 1 aromatic rings. The Hall–Kier alpha value is -2.02. The van der Waals surface area contributed by atoms with Gasteiger partial charge in [-0.05, 0) is 24.5 Å². The fourth-order valence-corrected chi connectivity index (χ4v) is 3.34. The lowest BCUT2D eigenvalue weighted by molar-refractivity contribution is -0.142. The predicted molar refractivity (Wildman–Crippen MR) is 88.5 cm³/mol. The van der Waals surface area contributed by atoms with Gasteiger partial charge in [-0.25, -0.2) is 4.79 Å². The molecule has 0 aromatic heterocycles. The summed E-state index contributed by atoms with van der Waals surface area (Å²) < 4.78 is 0. The summed E-state index contributed by atoms with van der Waals surface area (Å²) in [7, 11) is 0. The number of thioether (sulfide) groups is 1. The zero-order valence-corrected chi connectivity index (χ0v) is 13.9. The summed E-state index contributed by atoms with van der Waals surface area (Å²) in [5.74, 6) is -1.26. The van der Waals surface area contributed by atoms with Crippen LogP contribution < -0.4 is 10.2 Å². The highest BCUT2D eigenvalue weighted by atomic mass is 32.2. The number of nitrogens with one attached hydrogen (secondary N) is 1. The number of carboxylic acids is 1. The van der Waals surface area contributed by atoms with E-state index >= 15 is 0 Å². The van der Waals surface area contributed by atoms with Crippen molar-refractivity contribution in [1.29, 1.82) is 0 Å². The second-order valence-electron chi connectivity index (χ2n) is 5.82. The van der Waals surface area contributed by atoms with Gasteiger partial charge in [0.15, 0.2) is 0 Å². The fraction of sp³-hybridized carbons (Fsp3) is 0.438. The van der Waals surface area contributed by atoms with E-state index in [1.54, 1.807) is 6.07 Å². The Morgan fingerprint density at radius 2 is 2.04 bits per heavy atom. The number of rotatable bonds is 6. The Morgan fingerprint density at radius 1 is 1.35 bits per heavy atom. The van der Waals surface area contributed by atoms with E-state index in [4.69, 9.17) is 0 Å². The molecule has 1 heterocycles. The summed E-state index contributed by atoms with van der Waals surface area (Å²) in [6.45, 7) is 3.62. The van der Waals surface area contributed by atoms with Crippen molar-refractivity contribution in [3.63, 3.8) is 0 Å². The first-order valence-electron chi connectivity index (χ1n) is 7.43. The van der Waals surface area contributed by atoms with E-state index in [-0.39, 0.29) is 24.1 Å². The highest BCUT2D eigenvalue weighted by molar-refractivity contribution is 8.00. The summed E-state index contributed by atoms with van der Waals surface area (Å²) in [6.07, 6.45) is 0.349. The van der Waals surface area contributed by atoms with Gasteiger partial charge in [-0.15, -0.1) is 11.8 Å². The number of hydrogen-bond donors (Lipinski definition) is 2. The standard InChI is InChI=1S/C16H20N2O4S/c1-10(2)7-11(16(21)22)17-14(19)8-18-12-5-3-4-6-13(12)23-9-15(18)20/h3-6,10-11H,7-9H2,1-2H3,(H,17,19)(H,21,22). The molecule has 0 aliphatic carbocycles. The predicted octanol–water partition coefficient (Wildman–Crippen LogP) is 1.74. The lowest BCUT2D eigenvalue weighted by atomic mass is 10.0. The van der Waals surface area contributed by atoms with Crippen molar-refractivity contribution < 1.29 is 19.5 Å². The Bertz CT molecular complexity index is 618. The summed E-state index contributed by atoms with van der Waals surface area (Å²) >= 11 is 1.44. The number of carbonyl (C=O) groups is 3. The first kappa shape index (κ1) is 17.3. The van der Waals surface area contributed by atoms with Crippen LogP contribution in [0.5, 0.6) is 0 Å². The van der Waals surface area contributed by atoms with Gasteiger partial charge >= 0.3 is 5.97 Å². The first-order chi connectivity index (χ1) is 10.9. The van der Waals surface area contributed by atoms with Crippen molar-refractivity contribution in [3.05, 3.63) is 24.3 Å². The molecule has 2 rings (SSSR count). The summed E-state index contributed by atoms with van der Waals surface area (Å²) in [5.41, 5.74) is 0.694. The van der Waals surface area contributed by atoms with E-state index in [9.17, 15) is 19.5 Å². The van der Waals surface area contributed by atoms with E-state index in [2.05, 4.69) is 5.32 Å². The van der Waals surface area contributed by atoms with Crippen LogP contribution in [0.3, 0.4) is 0 Å². The molecule has 1 unspecified atom stereocenters. The lowest BCUT2D eigenvalue weighted by Crippen LogP contribution is -2.48. The van der Waals surface area contributed by atoms with Crippen molar-refractivity contribution >= 4 is 35.2 Å². The third kappa shape index (κ3) is 4.48. The SMILES string of the molecule is CC(C)CC(NC(=O)CN1C(=O)CSc2ccccc21)C(=O)O. The van der Waals surface area contributed by atoms with Gasteiger partial charge in [-0.3, -0.25) is 9.59 Å². The van der Waals surface area contributed by atoms with E-state index < -0.39 is 17.9 Å². The molecule has 0 radical (unpaired) electrons. The minimum Gasteiger partial charge on any atom is -0.480 e. The first-order valence-corrected chi connectivity index (χ1v) is 8.41. The van der Waals surface area contributed by atoms with E-state index in [0.717, 1.165) is 4.90 Å². The second kappa shape index (κ2) is 7.50. The molecule has 2 N–H and O–H groups in total. The molecular formula is C16H20N2O4S. The molecule has 2 amide bonds. The minimum absolute atomic E-state index is 0.144. The van der Waals surface area contributed by atoms with Gasteiger partial charge in [0.2, 0.25) is 11.8 Å². The molecule has 0 saturated heterocycles. The van der Waals surface area contributed by atoms with E-state index in [1.807, 2.05) is 32.0 Å². The van der Waals surface area contributed by atoms with E-state index in [1.165, 1.54) is 16.7 Å². The van der Waals surface area contributed by atoms with Crippen molar-refractivity contribution in [3.8, 4) is 0 Å². The smallest absolute Gasteiger partial charge is 0.326 e. The Labute approximate surface area is 139 Å². The quantitative estimate of drug-likeness (QED) is 0.826. The second-order valence-corrected chi connectivity index (χ2v) is 6.84. The van der Waals surface area contributed by atoms with Crippen LogP contribution in [0.2, 0.25) is 0 Å². The van der Waals surface area contributed by atoms with Crippen molar-refractivity contribution in [2.24, 2.45) is 5.92 Å². The molecule has 1 aliphatic heterocycles. The zero-order valence-electron chi connectivity index (χ0n) is 13.1.